The molecule has 0 spiro atoms. The first-order chi connectivity index (χ1) is 7.79. The minimum atomic E-state index is -0.202. The monoisotopic (exact) mass is 226 g/mol. The van der Waals surface area contributed by atoms with E-state index in [9.17, 15) is 4.79 Å². The Balaban J connectivity index is 1.75. The van der Waals surface area contributed by atoms with Gasteiger partial charge in [-0.1, -0.05) is 6.92 Å². The largest absolute Gasteiger partial charge is 0.365 e. The molecule has 0 radical (unpaired) electrons. The van der Waals surface area contributed by atoms with Crippen molar-refractivity contribution in [2.24, 2.45) is 0 Å². The molecular weight excluding hydrogens is 204 g/mol. The second-order valence-corrected chi connectivity index (χ2v) is 4.78. The Hall–Kier alpha value is -0.610. The molecule has 0 saturated carbocycles. The van der Waals surface area contributed by atoms with Crippen molar-refractivity contribution in [3.63, 3.8) is 0 Å². The molecule has 92 valence electrons. The standard InChI is InChI=1S/C12H22N2O2/c1-2-10-5-6-11(16-10)12(15)14-9-4-3-7-13-8-9/h9-11,13H,2-8H2,1H3,(H,14,15)/t9-,10?,11?/m0/s1. The average Bonchev–Trinajstić information content (AvgIpc) is 2.79. The fourth-order valence-corrected chi connectivity index (χ4v) is 2.47. The number of amides is 1. The predicted molar refractivity (Wildman–Crippen MR) is 62.2 cm³/mol. The molecule has 2 rings (SSSR count). The lowest BCUT2D eigenvalue weighted by molar-refractivity contribution is -0.132. The fraction of sp³-hybridized carbons (Fsp3) is 0.917. The number of piperidine rings is 1. The first-order valence-corrected chi connectivity index (χ1v) is 6.46. The molecule has 0 aromatic heterocycles. The van der Waals surface area contributed by atoms with Gasteiger partial charge in [0.25, 0.3) is 0 Å². The lowest BCUT2D eigenvalue weighted by Gasteiger charge is -2.25. The molecule has 2 aliphatic rings. The summed E-state index contributed by atoms with van der Waals surface area (Å²) in [5.41, 5.74) is 0. The summed E-state index contributed by atoms with van der Waals surface area (Å²) in [6, 6.07) is 0.297. The highest BCUT2D eigenvalue weighted by molar-refractivity contribution is 5.81. The van der Waals surface area contributed by atoms with Crippen molar-refractivity contribution >= 4 is 5.91 Å². The molecule has 0 bridgehead atoms. The topological polar surface area (TPSA) is 50.4 Å². The summed E-state index contributed by atoms with van der Waals surface area (Å²) in [6.07, 6.45) is 5.24. The Morgan fingerprint density at radius 1 is 1.44 bits per heavy atom. The van der Waals surface area contributed by atoms with E-state index < -0.39 is 0 Å². The molecule has 2 saturated heterocycles. The van der Waals surface area contributed by atoms with Crippen LogP contribution in [0.1, 0.15) is 39.0 Å². The van der Waals surface area contributed by atoms with Crippen LogP contribution in [0.4, 0.5) is 0 Å². The van der Waals surface area contributed by atoms with Gasteiger partial charge in [-0.25, -0.2) is 0 Å². The van der Waals surface area contributed by atoms with Crippen LogP contribution in [-0.4, -0.2) is 37.2 Å². The minimum Gasteiger partial charge on any atom is -0.365 e. The first kappa shape index (κ1) is 11.9. The molecule has 16 heavy (non-hydrogen) atoms. The quantitative estimate of drug-likeness (QED) is 0.749. The molecular formula is C12H22N2O2. The molecule has 4 heteroatoms. The van der Waals surface area contributed by atoms with Crippen LogP contribution >= 0.6 is 0 Å². The van der Waals surface area contributed by atoms with E-state index in [-0.39, 0.29) is 12.0 Å². The molecule has 0 aliphatic carbocycles. The summed E-state index contributed by atoms with van der Waals surface area (Å²) in [5, 5.41) is 6.37. The third-order valence-electron chi connectivity index (χ3n) is 3.50. The van der Waals surface area contributed by atoms with E-state index in [0.29, 0.717) is 12.1 Å². The molecule has 0 aromatic rings. The molecule has 2 unspecified atom stereocenters. The number of hydrogen-bond acceptors (Lipinski definition) is 3. The van der Waals surface area contributed by atoms with Crippen molar-refractivity contribution in [2.45, 2.75) is 57.3 Å². The van der Waals surface area contributed by atoms with Crippen molar-refractivity contribution in [1.82, 2.24) is 10.6 Å². The number of ether oxygens (including phenoxy) is 1. The lowest BCUT2D eigenvalue weighted by atomic mass is 10.1. The number of hydrogen-bond donors (Lipinski definition) is 2. The van der Waals surface area contributed by atoms with Crippen LogP contribution in [0.2, 0.25) is 0 Å². The van der Waals surface area contributed by atoms with Gasteiger partial charge in [0.15, 0.2) is 0 Å². The van der Waals surface area contributed by atoms with Gasteiger partial charge in [-0.05, 0) is 38.6 Å². The normalized spacial score (nSPS) is 34.9. The molecule has 4 nitrogen and oxygen atoms in total. The Labute approximate surface area is 97.1 Å². The summed E-state index contributed by atoms with van der Waals surface area (Å²) >= 11 is 0. The third-order valence-corrected chi connectivity index (χ3v) is 3.50. The van der Waals surface area contributed by atoms with Gasteiger partial charge in [0.2, 0.25) is 5.91 Å². The van der Waals surface area contributed by atoms with Crippen molar-refractivity contribution in [1.29, 1.82) is 0 Å². The van der Waals surface area contributed by atoms with Crippen LogP contribution < -0.4 is 10.6 Å². The Morgan fingerprint density at radius 2 is 2.31 bits per heavy atom. The summed E-state index contributed by atoms with van der Waals surface area (Å²) < 4.78 is 5.68. The average molecular weight is 226 g/mol. The van der Waals surface area contributed by atoms with E-state index in [2.05, 4.69) is 17.6 Å². The Morgan fingerprint density at radius 3 is 2.94 bits per heavy atom. The van der Waals surface area contributed by atoms with E-state index in [1.807, 2.05) is 0 Å². The summed E-state index contributed by atoms with van der Waals surface area (Å²) in [5.74, 6) is 0.0876. The maximum atomic E-state index is 11.9. The van der Waals surface area contributed by atoms with Crippen LogP contribution in [0.3, 0.4) is 0 Å². The zero-order chi connectivity index (χ0) is 11.4. The van der Waals surface area contributed by atoms with Crippen molar-refractivity contribution in [3.05, 3.63) is 0 Å². The van der Waals surface area contributed by atoms with Gasteiger partial charge < -0.3 is 15.4 Å². The van der Waals surface area contributed by atoms with Crippen LogP contribution in [0.5, 0.6) is 0 Å². The van der Waals surface area contributed by atoms with Crippen LogP contribution in [-0.2, 0) is 9.53 Å². The van der Waals surface area contributed by atoms with Crippen LogP contribution in [0, 0.1) is 0 Å². The molecule has 3 atom stereocenters. The number of carbonyl (C=O) groups excluding carboxylic acids is 1. The summed E-state index contributed by atoms with van der Waals surface area (Å²) in [4.78, 5) is 11.9. The molecule has 2 aliphatic heterocycles. The second-order valence-electron chi connectivity index (χ2n) is 4.78. The number of nitrogens with one attached hydrogen (secondary N) is 2. The molecule has 1 amide bonds. The zero-order valence-electron chi connectivity index (χ0n) is 10.00. The first-order valence-electron chi connectivity index (χ1n) is 6.46. The van der Waals surface area contributed by atoms with Crippen molar-refractivity contribution in [3.8, 4) is 0 Å². The third kappa shape index (κ3) is 2.95. The van der Waals surface area contributed by atoms with E-state index in [0.717, 1.165) is 45.2 Å². The van der Waals surface area contributed by atoms with E-state index in [4.69, 9.17) is 4.74 Å². The molecule has 0 aromatic carbocycles. The SMILES string of the molecule is CCC1CCC(C(=O)N[C@H]2CCCNC2)O1. The molecule has 2 heterocycles. The smallest absolute Gasteiger partial charge is 0.249 e. The highest BCUT2D eigenvalue weighted by Crippen LogP contribution is 2.22. The fourth-order valence-electron chi connectivity index (χ4n) is 2.47. The summed E-state index contributed by atoms with van der Waals surface area (Å²) in [6.45, 7) is 4.08. The molecule has 2 N–H and O–H groups in total. The molecule has 2 fully saturated rings. The number of carbonyl (C=O) groups is 1. The van der Waals surface area contributed by atoms with Gasteiger partial charge in [0, 0.05) is 12.6 Å². The van der Waals surface area contributed by atoms with E-state index in [1.54, 1.807) is 0 Å². The minimum absolute atomic E-state index is 0.0876. The maximum Gasteiger partial charge on any atom is 0.249 e. The van der Waals surface area contributed by atoms with Crippen molar-refractivity contribution < 1.29 is 9.53 Å². The van der Waals surface area contributed by atoms with Gasteiger partial charge in [0.1, 0.15) is 6.10 Å². The van der Waals surface area contributed by atoms with E-state index in [1.165, 1.54) is 0 Å². The van der Waals surface area contributed by atoms with E-state index >= 15 is 0 Å². The highest BCUT2D eigenvalue weighted by Gasteiger charge is 2.30. The number of rotatable bonds is 3. The van der Waals surface area contributed by atoms with Gasteiger partial charge in [-0.2, -0.15) is 0 Å². The van der Waals surface area contributed by atoms with Gasteiger partial charge in [0.05, 0.1) is 6.10 Å². The maximum absolute atomic E-state index is 11.9. The Bertz CT molecular complexity index is 239. The van der Waals surface area contributed by atoms with Gasteiger partial charge >= 0.3 is 0 Å². The second kappa shape index (κ2) is 5.64. The predicted octanol–water partition coefficient (Wildman–Crippen LogP) is 0.812. The highest BCUT2D eigenvalue weighted by atomic mass is 16.5. The van der Waals surface area contributed by atoms with Crippen LogP contribution in [0.25, 0.3) is 0 Å². The van der Waals surface area contributed by atoms with Crippen LogP contribution in [0.15, 0.2) is 0 Å². The van der Waals surface area contributed by atoms with Gasteiger partial charge in [-0.15, -0.1) is 0 Å². The Kier molecular flexibility index (Phi) is 4.18. The zero-order valence-corrected chi connectivity index (χ0v) is 10.00. The summed E-state index contributed by atoms with van der Waals surface area (Å²) in [7, 11) is 0. The van der Waals surface area contributed by atoms with Crippen molar-refractivity contribution in [2.75, 3.05) is 13.1 Å². The van der Waals surface area contributed by atoms with Gasteiger partial charge in [-0.3, -0.25) is 4.79 Å². The lowest BCUT2D eigenvalue weighted by Crippen LogP contribution is -2.48.